The third-order valence-corrected chi connectivity index (χ3v) is 11.3. The molecule has 3 saturated carbocycles. The van der Waals surface area contributed by atoms with Crippen molar-refractivity contribution in [1.82, 2.24) is 25.6 Å². The Hall–Kier alpha value is -2.74. The molecule has 0 spiro atoms. The summed E-state index contributed by atoms with van der Waals surface area (Å²) in [6.45, 7) is 9.95. The fourth-order valence-corrected chi connectivity index (χ4v) is 8.14. The van der Waals surface area contributed by atoms with Gasteiger partial charge in [-0.05, 0) is 47.8 Å². The first kappa shape index (κ1) is 35.1. The van der Waals surface area contributed by atoms with E-state index in [1.807, 2.05) is 34.6 Å². The van der Waals surface area contributed by atoms with E-state index >= 15 is 0 Å². The van der Waals surface area contributed by atoms with E-state index in [0.29, 0.717) is 25.8 Å². The van der Waals surface area contributed by atoms with E-state index in [1.54, 1.807) is 0 Å². The van der Waals surface area contributed by atoms with E-state index in [9.17, 15) is 32.4 Å². The molecule has 0 bridgehead atoms. The number of carbonyl (C=O) groups is 5. The molecule has 0 aromatic carbocycles. The number of hydrogen-bond donors (Lipinski definition) is 5. The van der Waals surface area contributed by atoms with Crippen LogP contribution in [0, 0.1) is 28.6 Å². The van der Waals surface area contributed by atoms with Gasteiger partial charge < -0.3 is 26.6 Å². The van der Waals surface area contributed by atoms with Crippen molar-refractivity contribution in [2.45, 2.75) is 116 Å². The number of piperidine rings is 1. The zero-order valence-electron chi connectivity index (χ0n) is 27.5. The van der Waals surface area contributed by atoms with Gasteiger partial charge in [-0.3, -0.25) is 19.2 Å². The van der Waals surface area contributed by atoms with Crippen molar-refractivity contribution >= 4 is 39.6 Å². The lowest BCUT2D eigenvalue weighted by molar-refractivity contribution is -0.145. The number of fused-ring (bicyclic) bond motifs is 1. The molecule has 13 nitrogen and oxygen atoms in total. The van der Waals surface area contributed by atoms with Gasteiger partial charge in [0, 0.05) is 13.1 Å². The molecule has 0 aromatic heterocycles. The van der Waals surface area contributed by atoms with Crippen molar-refractivity contribution in [3.8, 4) is 0 Å². The van der Waals surface area contributed by atoms with Gasteiger partial charge in [0.1, 0.15) is 12.1 Å². The van der Waals surface area contributed by atoms with E-state index in [0.717, 1.165) is 44.8 Å². The summed E-state index contributed by atoms with van der Waals surface area (Å²) < 4.78 is 26.2. The second kappa shape index (κ2) is 12.8. The summed E-state index contributed by atoms with van der Waals surface area (Å²) in [5, 5.41) is 8.63. The zero-order chi connectivity index (χ0) is 33.5. The predicted octanol–water partition coefficient (Wildman–Crippen LogP) is 1.16. The third kappa shape index (κ3) is 7.98. The molecule has 45 heavy (non-hydrogen) atoms. The standard InChI is InChI=1S/C31H52N6O7S/c1-29(2,3)24(35-28(42)36-31(13-8-7-9-14-31)17-33-45(6,43)44)27(41)37-16-19-21(30(19,4)5)22(37)26(40)34-20(23(38)25(32)39)15-18-11-10-12-18/h18-22,24,33H,7-17H2,1-6H3,(H2,32,39)(H,34,40)(H2,35,36,42)/t19-,20?,21-,22-,24+/m0/s1. The maximum absolute atomic E-state index is 14.3. The van der Waals surface area contributed by atoms with Crippen molar-refractivity contribution in [2.24, 2.45) is 34.3 Å². The van der Waals surface area contributed by atoms with Crippen LogP contribution in [0.1, 0.15) is 92.4 Å². The molecule has 4 aliphatic rings. The topological polar surface area (TPSA) is 197 Å². The first-order valence-electron chi connectivity index (χ1n) is 16.2. The number of likely N-dealkylation sites (tertiary alicyclic amines) is 1. The largest absolute Gasteiger partial charge is 0.363 e. The number of nitrogens with two attached hydrogens (primary N) is 1. The lowest BCUT2D eigenvalue weighted by Gasteiger charge is -2.41. The minimum atomic E-state index is -3.48. The van der Waals surface area contributed by atoms with Crippen LogP contribution >= 0.6 is 0 Å². The van der Waals surface area contributed by atoms with E-state index < -0.39 is 68.6 Å². The molecule has 1 unspecified atom stereocenters. The number of urea groups is 1. The number of carbonyl (C=O) groups excluding carboxylic acids is 5. The van der Waals surface area contributed by atoms with Gasteiger partial charge in [0.15, 0.2) is 0 Å². The zero-order valence-corrected chi connectivity index (χ0v) is 28.3. The Bertz CT molecular complexity index is 1300. The molecule has 0 radical (unpaired) electrons. The normalized spacial score (nSPS) is 26.9. The van der Waals surface area contributed by atoms with Crippen LogP contribution in [0.5, 0.6) is 0 Å². The monoisotopic (exact) mass is 652 g/mol. The van der Waals surface area contributed by atoms with Crippen molar-refractivity contribution in [2.75, 3.05) is 19.3 Å². The highest BCUT2D eigenvalue weighted by molar-refractivity contribution is 7.88. The van der Waals surface area contributed by atoms with Gasteiger partial charge in [0.05, 0.1) is 17.8 Å². The Morgan fingerprint density at radius 1 is 0.978 bits per heavy atom. The predicted molar refractivity (Wildman–Crippen MR) is 168 cm³/mol. The fraction of sp³-hybridized carbons (Fsp3) is 0.839. The number of primary amides is 1. The summed E-state index contributed by atoms with van der Waals surface area (Å²) in [5.41, 5.74) is 3.60. The number of nitrogens with zero attached hydrogens (tertiary/aromatic N) is 1. The molecule has 4 rings (SSSR count). The highest BCUT2D eigenvalue weighted by Gasteiger charge is 2.70. The third-order valence-electron chi connectivity index (χ3n) is 10.7. The van der Waals surface area contributed by atoms with Crippen LogP contribution in [0.15, 0.2) is 0 Å². The summed E-state index contributed by atoms with van der Waals surface area (Å²) in [5.74, 6) is -2.71. The maximum atomic E-state index is 14.3. The highest BCUT2D eigenvalue weighted by Crippen LogP contribution is 2.65. The Morgan fingerprint density at radius 2 is 1.60 bits per heavy atom. The molecule has 5 atom stereocenters. The van der Waals surface area contributed by atoms with E-state index in [4.69, 9.17) is 5.73 Å². The van der Waals surface area contributed by atoms with Crippen LogP contribution in [0.2, 0.25) is 0 Å². The fourth-order valence-electron chi connectivity index (χ4n) is 7.60. The first-order chi connectivity index (χ1) is 20.8. The minimum Gasteiger partial charge on any atom is -0.363 e. The summed E-state index contributed by atoms with van der Waals surface area (Å²) in [4.78, 5) is 67.7. The summed E-state index contributed by atoms with van der Waals surface area (Å²) in [6, 6.07) is -3.51. The summed E-state index contributed by atoms with van der Waals surface area (Å²) >= 11 is 0. The van der Waals surface area contributed by atoms with Gasteiger partial charge >= 0.3 is 6.03 Å². The number of rotatable bonds is 12. The van der Waals surface area contributed by atoms with Crippen LogP contribution < -0.4 is 26.4 Å². The molecule has 4 fully saturated rings. The Labute approximate surface area is 267 Å². The number of nitrogens with one attached hydrogen (secondary N) is 4. The van der Waals surface area contributed by atoms with Gasteiger partial charge in [-0.1, -0.05) is 73.1 Å². The van der Waals surface area contributed by atoms with E-state index in [2.05, 4.69) is 20.7 Å². The molecule has 5 amide bonds. The number of Topliss-reactive ketones (excluding diaryl/α,β-unsaturated/α-hetero) is 1. The lowest BCUT2D eigenvalue weighted by Crippen LogP contribution is -2.64. The second-order valence-electron chi connectivity index (χ2n) is 15.5. The lowest BCUT2D eigenvalue weighted by atomic mass is 9.80. The van der Waals surface area contributed by atoms with Gasteiger partial charge in [-0.25, -0.2) is 17.9 Å². The molecular weight excluding hydrogens is 600 g/mol. The molecule has 1 aliphatic heterocycles. The van der Waals surface area contributed by atoms with Crippen molar-refractivity contribution in [1.29, 1.82) is 0 Å². The van der Waals surface area contributed by atoms with Gasteiger partial charge in [0.25, 0.3) is 5.91 Å². The second-order valence-corrected chi connectivity index (χ2v) is 17.4. The Morgan fingerprint density at radius 3 is 2.11 bits per heavy atom. The first-order valence-corrected chi connectivity index (χ1v) is 18.1. The van der Waals surface area contributed by atoms with Crippen LogP contribution in [0.4, 0.5) is 4.79 Å². The van der Waals surface area contributed by atoms with Crippen LogP contribution in [0.3, 0.4) is 0 Å². The molecule has 1 saturated heterocycles. The Kier molecular flexibility index (Phi) is 10.00. The van der Waals surface area contributed by atoms with Gasteiger partial charge in [-0.2, -0.15) is 0 Å². The smallest absolute Gasteiger partial charge is 0.315 e. The average Bonchev–Trinajstić information content (AvgIpc) is 3.23. The van der Waals surface area contributed by atoms with E-state index in [1.165, 1.54) is 4.90 Å². The quantitative estimate of drug-likeness (QED) is 0.195. The van der Waals surface area contributed by atoms with Gasteiger partial charge in [-0.15, -0.1) is 0 Å². The SMILES string of the molecule is CC(C)(C)[C@H](NC(=O)NC1(CNS(C)(=O)=O)CCCCC1)C(=O)N1C[C@H]2[C@@H]([C@H]1C(=O)NC(CC1CCC1)C(=O)C(N)=O)C2(C)C. The molecule has 3 aliphatic carbocycles. The Balaban J connectivity index is 1.53. The van der Waals surface area contributed by atoms with Crippen LogP contribution in [0.25, 0.3) is 0 Å². The minimum absolute atomic E-state index is 0.0479. The highest BCUT2D eigenvalue weighted by atomic mass is 32.2. The number of ketones is 1. The van der Waals surface area contributed by atoms with Crippen molar-refractivity contribution < 1.29 is 32.4 Å². The summed E-state index contributed by atoms with van der Waals surface area (Å²) in [6.07, 6.45) is 8.09. The number of amides is 5. The molecule has 254 valence electrons. The van der Waals surface area contributed by atoms with Gasteiger partial charge in [0.2, 0.25) is 27.6 Å². The molecule has 0 aromatic rings. The number of hydrogen-bond acceptors (Lipinski definition) is 7. The van der Waals surface area contributed by atoms with Crippen molar-refractivity contribution in [3.63, 3.8) is 0 Å². The summed E-state index contributed by atoms with van der Waals surface area (Å²) in [7, 11) is -3.48. The van der Waals surface area contributed by atoms with Crippen LogP contribution in [-0.2, 0) is 29.2 Å². The average molecular weight is 653 g/mol. The molecule has 1 heterocycles. The van der Waals surface area contributed by atoms with E-state index in [-0.39, 0.29) is 29.7 Å². The van der Waals surface area contributed by atoms with Crippen LogP contribution in [-0.4, -0.2) is 85.9 Å². The maximum Gasteiger partial charge on any atom is 0.315 e. The number of sulfonamides is 1. The molecule has 14 heteroatoms. The molecular formula is C31H52N6O7S. The molecule has 6 N–H and O–H groups in total. The van der Waals surface area contributed by atoms with Crippen molar-refractivity contribution in [3.05, 3.63) is 0 Å².